The van der Waals surface area contributed by atoms with Crippen LogP contribution >= 0.6 is 0 Å². The Morgan fingerprint density at radius 3 is 2.78 bits per heavy atom. The fourth-order valence-electron chi connectivity index (χ4n) is 2.62. The molecule has 0 aromatic heterocycles. The van der Waals surface area contributed by atoms with Crippen molar-refractivity contribution < 1.29 is 24.2 Å². The number of hydrogen-bond acceptors (Lipinski definition) is 4. The minimum atomic E-state index is -0.923. The Balaban J connectivity index is 1.98. The Bertz CT molecular complexity index is 597. The van der Waals surface area contributed by atoms with E-state index in [2.05, 4.69) is 0 Å². The van der Waals surface area contributed by atoms with Gasteiger partial charge in [0.25, 0.3) is 5.91 Å². The molecule has 0 unspecified atom stereocenters. The van der Waals surface area contributed by atoms with Crippen LogP contribution in [0, 0.1) is 0 Å². The summed E-state index contributed by atoms with van der Waals surface area (Å²) >= 11 is 0. The van der Waals surface area contributed by atoms with Crippen molar-refractivity contribution in [3.05, 3.63) is 23.8 Å². The van der Waals surface area contributed by atoms with Gasteiger partial charge in [-0.3, -0.25) is 9.59 Å². The molecule has 0 atom stereocenters. The number of hydrogen-bond donors (Lipinski definition) is 1. The molecule has 1 aliphatic rings. The molecule has 0 aliphatic carbocycles. The number of benzene rings is 1. The van der Waals surface area contributed by atoms with E-state index in [1.54, 1.807) is 6.07 Å². The van der Waals surface area contributed by atoms with Gasteiger partial charge in [-0.2, -0.15) is 0 Å². The van der Waals surface area contributed by atoms with E-state index in [1.165, 1.54) is 4.90 Å². The van der Waals surface area contributed by atoms with Gasteiger partial charge in [0.2, 0.25) is 0 Å². The molecule has 1 N–H and O–H groups in total. The number of carbonyl (C=O) groups is 2. The number of amides is 1. The first-order valence-electron chi connectivity index (χ1n) is 7.75. The molecule has 0 saturated heterocycles. The van der Waals surface area contributed by atoms with Gasteiger partial charge in [-0.15, -0.1) is 0 Å². The molecule has 1 amide bonds. The molecule has 0 spiro atoms. The molecule has 1 aromatic rings. The molecule has 23 heavy (non-hydrogen) atoms. The average Bonchev–Trinajstić information content (AvgIpc) is 2.79. The SMILES string of the molecule is CCN(CCC(=O)O)C(=O)COc1cccc2c1OC(C)(C)C2. The molecular weight excluding hydrogens is 298 g/mol. The highest BCUT2D eigenvalue weighted by atomic mass is 16.5. The molecule has 0 fully saturated rings. The number of aliphatic carboxylic acids is 1. The first-order valence-corrected chi connectivity index (χ1v) is 7.75. The van der Waals surface area contributed by atoms with Gasteiger partial charge in [-0.05, 0) is 26.8 Å². The van der Waals surface area contributed by atoms with E-state index in [0.29, 0.717) is 18.0 Å². The third kappa shape index (κ3) is 4.37. The number of nitrogens with zero attached hydrogens (tertiary/aromatic N) is 1. The number of rotatable bonds is 7. The zero-order valence-electron chi connectivity index (χ0n) is 13.8. The van der Waals surface area contributed by atoms with Crippen molar-refractivity contribution in [3.8, 4) is 11.5 Å². The summed E-state index contributed by atoms with van der Waals surface area (Å²) in [7, 11) is 0. The Morgan fingerprint density at radius 1 is 1.39 bits per heavy atom. The van der Waals surface area contributed by atoms with Crippen molar-refractivity contribution in [2.45, 2.75) is 39.2 Å². The third-order valence-corrected chi connectivity index (χ3v) is 3.74. The topological polar surface area (TPSA) is 76.1 Å². The Labute approximate surface area is 136 Å². The van der Waals surface area contributed by atoms with Gasteiger partial charge in [-0.25, -0.2) is 0 Å². The van der Waals surface area contributed by atoms with Crippen LogP contribution in [0.15, 0.2) is 18.2 Å². The summed E-state index contributed by atoms with van der Waals surface area (Å²) in [5.41, 5.74) is 0.793. The lowest BCUT2D eigenvalue weighted by Crippen LogP contribution is -2.36. The molecule has 1 aliphatic heterocycles. The van der Waals surface area contributed by atoms with Gasteiger partial charge in [0.15, 0.2) is 18.1 Å². The largest absolute Gasteiger partial charge is 0.483 e. The van der Waals surface area contributed by atoms with Gasteiger partial charge in [0, 0.05) is 25.1 Å². The highest BCUT2D eigenvalue weighted by molar-refractivity contribution is 5.78. The first-order chi connectivity index (χ1) is 10.8. The van der Waals surface area contributed by atoms with Crippen LogP contribution in [-0.4, -0.2) is 47.2 Å². The maximum absolute atomic E-state index is 12.2. The highest BCUT2D eigenvalue weighted by Crippen LogP contribution is 2.41. The van der Waals surface area contributed by atoms with E-state index in [0.717, 1.165) is 12.0 Å². The minimum Gasteiger partial charge on any atom is -0.483 e. The maximum Gasteiger partial charge on any atom is 0.305 e. The van der Waals surface area contributed by atoms with Gasteiger partial charge < -0.3 is 19.5 Å². The van der Waals surface area contributed by atoms with E-state index in [-0.39, 0.29) is 31.1 Å². The van der Waals surface area contributed by atoms with Gasteiger partial charge >= 0.3 is 5.97 Å². The smallest absolute Gasteiger partial charge is 0.305 e. The number of carboxylic acid groups (broad SMARTS) is 1. The number of ether oxygens (including phenoxy) is 2. The zero-order chi connectivity index (χ0) is 17.0. The van der Waals surface area contributed by atoms with Crippen molar-refractivity contribution in [1.29, 1.82) is 0 Å². The van der Waals surface area contributed by atoms with E-state index in [1.807, 2.05) is 32.9 Å². The molecule has 1 aromatic carbocycles. The number of likely N-dealkylation sites (N-methyl/N-ethyl adjacent to an activating group) is 1. The minimum absolute atomic E-state index is 0.0718. The molecule has 0 radical (unpaired) electrons. The predicted molar refractivity (Wildman–Crippen MR) is 84.9 cm³/mol. The second kappa shape index (κ2) is 6.89. The molecule has 6 nitrogen and oxygen atoms in total. The standard InChI is InChI=1S/C17H23NO5/c1-4-18(9-8-15(20)21)14(19)11-22-13-7-5-6-12-10-17(2,3)23-16(12)13/h5-7H,4,8-11H2,1-3H3,(H,20,21). The molecule has 1 heterocycles. The van der Waals surface area contributed by atoms with Gasteiger partial charge in [0.1, 0.15) is 5.60 Å². The summed E-state index contributed by atoms with van der Waals surface area (Å²) in [6.45, 7) is 6.33. The molecule has 0 bridgehead atoms. The summed E-state index contributed by atoms with van der Waals surface area (Å²) in [6, 6.07) is 5.65. The van der Waals surface area contributed by atoms with Gasteiger partial charge in [0.05, 0.1) is 6.42 Å². The van der Waals surface area contributed by atoms with Crippen molar-refractivity contribution in [1.82, 2.24) is 4.90 Å². The van der Waals surface area contributed by atoms with Crippen molar-refractivity contribution in [2.75, 3.05) is 19.7 Å². The second-order valence-electron chi connectivity index (χ2n) is 6.19. The third-order valence-electron chi connectivity index (χ3n) is 3.74. The quantitative estimate of drug-likeness (QED) is 0.832. The molecule has 6 heteroatoms. The summed E-state index contributed by atoms with van der Waals surface area (Å²) in [4.78, 5) is 24.3. The Morgan fingerprint density at radius 2 is 2.13 bits per heavy atom. The second-order valence-corrected chi connectivity index (χ2v) is 6.19. The lowest BCUT2D eigenvalue weighted by molar-refractivity contribution is -0.139. The summed E-state index contributed by atoms with van der Waals surface area (Å²) in [6.07, 6.45) is 0.727. The van der Waals surface area contributed by atoms with E-state index in [4.69, 9.17) is 14.6 Å². The molecule has 0 saturated carbocycles. The van der Waals surface area contributed by atoms with Crippen LogP contribution in [0.5, 0.6) is 11.5 Å². The zero-order valence-corrected chi connectivity index (χ0v) is 13.8. The predicted octanol–water partition coefficient (Wildman–Crippen LogP) is 2.10. The lowest BCUT2D eigenvalue weighted by atomic mass is 10.0. The van der Waals surface area contributed by atoms with Crippen LogP contribution in [0.25, 0.3) is 0 Å². The fraction of sp³-hybridized carbons (Fsp3) is 0.529. The lowest BCUT2D eigenvalue weighted by Gasteiger charge is -2.21. The van der Waals surface area contributed by atoms with Crippen molar-refractivity contribution in [2.24, 2.45) is 0 Å². The van der Waals surface area contributed by atoms with Crippen molar-refractivity contribution in [3.63, 3.8) is 0 Å². The first kappa shape index (κ1) is 17.1. The molecular formula is C17H23NO5. The summed E-state index contributed by atoms with van der Waals surface area (Å²) in [5, 5.41) is 8.72. The van der Waals surface area contributed by atoms with Crippen molar-refractivity contribution >= 4 is 11.9 Å². The monoisotopic (exact) mass is 321 g/mol. The number of carbonyl (C=O) groups excluding carboxylic acids is 1. The van der Waals surface area contributed by atoms with Crippen LogP contribution in [0.3, 0.4) is 0 Å². The summed E-state index contributed by atoms with van der Waals surface area (Å²) < 4.78 is 11.5. The van der Waals surface area contributed by atoms with E-state index < -0.39 is 5.97 Å². The Kier molecular flexibility index (Phi) is 5.13. The highest BCUT2D eigenvalue weighted by Gasteiger charge is 2.32. The average molecular weight is 321 g/mol. The Hall–Kier alpha value is -2.24. The number of carboxylic acids is 1. The fourth-order valence-corrected chi connectivity index (χ4v) is 2.62. The molecule has 2 rings (SSSR count). The number of para-hydroxylation sites is 1. The van der Waals surface area contributed by atoms with E-state index >= 15 is 0 Å². The van der Waals surface area contributed by atoms with Gasteiger partial charge in [-0.1, -0.05) is 12.1 Å². The van der Waals surface area contributed by atoms with Crippen LogP contribution in [-0.2, 0) is 16.0 Å². The normalized spacial score (nSPS) is 14.7. The molecule has 126 valence electrons. The van der Waals surface area contributed by atoms with Crippen LogP contribution in [0.4, 0.5) is 0 Å². The maximum atomic E-state index is 12.2. The summed E-state index contributed by atoms with van der Waals surface area (Å²) in [5.74, 6) is 0.0897. The van der Waals surface area contributed by atoms with Crippen LogP contribution in [0.2, 0.25) is 0 Å². The van der Waals surface area contributed by atoms with Crippen LogP contribution in [0.1, 0.15) is 32.8 Å². The number of fused-ring (bicyclic) bond motifs is 1. The van der Waals surface area contributed by atoms with Crippen LogP contribution < -0.4 is 9.47 Å². The van der Waals surface area contributed by atoms with E-state index in [9.17, 15) is 9.59 Å².